The highest BCUT2D eigenvalue weighted by Crippen LogP contribution is 2.19. The fourth-order valence-electron chi connectivity index (χ4n) is 1.41. The molecule has 0 atom stereocenters. The number of para-hydroxylation sites is 2. The summed E-state index contributed by atoms with van der Waals surface area (Å²) in [7, 11) is -3.34. The molecule has 7 heteroatoms. The lowest BCUT2D eigenvalue weighted by molar-refractivity contribution is 0.285. The smallest absolute Gasteiger partial charge is 0.214 e. The maximum absolute atomic E-state index is 11.6. The summed E-state index contributed by atoms with van der Waals surface area (Å²) < 4.78 is 30.9. The number of benzene rings is 1. The zero-order valence-electron chi connectivity index (χ0n) is 10.7. The number of aliphatic hydroxyl groups excluding tert-OH is 1. The van der Waals surface area contributed by atoms with Gasteiger partial charge in [-0.3, -0.25) is 0 Å². The van der Waals surface area contributed by atoms with Crippen LogP contribution in [-0.2, 0) is 10.0 Å². The van der Waals surface area contributed by atoms with E-state index in [4.69, 9.17) is 15.6 Å². The predicted molar refractivity (Wildman–Crippen MR) is 74.5 cm³/mol. The maximum Gasteiger partial charge on any atom is 0.214 e. The van der Waals surface area contributed by atoms with E-state index in [1.807, 2.05) is 0 Å². The second-order valence-corrected chi connectivity index (χ2v) is 5.96. The van der Waals surface area contributed by atoms with E-state index in [1.165, 1.54) is 0 Å². The van der Waals surface area contributed by atoms with Gasteiger partial charge in [-0.1, -0.05) is 12.1 Å². The molecular weight excluding hydrogens is 268 g/mol. The Morgan fingerprint density at radius 2 is 2.00 bits per heavy atom. The van der Waals surface area contributed by atoms with Crippen molar-refractivity contribution in [2.75, 3.05) is 31.2 Å². The Labute approximate surface area is 113 Å². The Hall–Kier alpha value is -1.31. The van der Waals surface area contributed by atoms with E-state index in [2.05, 4.69) is 4.72 Å². The zero-order valence-corrected chi connectivity index (χ0v) is 11.5. The molecule has 4 N–H and O–H groups in total. The predicted octanol–water partition coefficient (Wildman–Crippen LogP) is 0.339. The molecule has 0 aromatic heterocycles. The molecule has 1 aromatic carbocycles. The molecule has 0 bridgehead atoms. The largest absolute Gasteiger partial charge is 0.490 e. The van der Waals surface area contributed by atoms with Crippen molar-refractivity contribution < 1.29 is 18.3 Å². The van der Waals surface area contributed by atoms with Crippen LogP contribution >= 0.6 is 0 Å². The van der Waals surface area contributed by atoms with Crippen LogP contribution in [0.1, 0.15) is 12.8 Å². The third-order valence-corrected chi connectivity index (χ3v) is 3.78. The molecule has 0 unspecified atom stereocenters. The van der Waals surface area contributed by atoms with Crippen molar-refractivity contribution in [2.45, 2.75) is 12.8 Å². The van der Waals surface area contributed by atoms with Crippen molar-refractivity contribution in [1.29, 1.82) is 0 Å². The summed E-state index contributed by atoms with van der Waals surface area (Å²) in [6.07, 6.45) is 1.20. The average molecular weight is 288 g/mol. The number of sulfonamides is 1. The first-order valence-corrected chi connectivity index (χ1v) is 7.76. The Morgan fingerprint density at radius 3 is 2.68 bits per heavy atom. The van der Waals surface area contributed by atoms with Crippen LogP contribution in [0, 0.1) is 0 Å². The Balaban J connectivity index is 2.30. The summed E-state index contributed by atoms with van der Waals surface area (Å²) in [6, 6.07) is 6.93. The second-order valence-electron chi connectivity index (χ2n) is 4.03. The number of anilines is 1. The standard InChI is InChI=1S/C12H20N2O4S/c13-11-5-1-2-6-12(11)18-9-10-19(16,17)14-7-3-4-8-15/h1-2,5-6,14-15H,3-4,7-10,13H2. The maximum atomic E-state index is 11.6. The molecule has 0 radical (unpaired) electrons. The molecular formula is C12H20N2O4S. The monoisotopic (exact) mass is 288 g/mol. The van der Waals surface area contributed by atoms with Gasteiger partial charge >= 0.3 is 0 Å². The molecule has 0 fully saturated rings. The number of aliphatic hydroxyl groups is 1. The molecule has 0 aliphatic carbocycles. The number of nitrogens with two attached hydrogens (primary N) is 1. The van der Waals surface area contributed by atoms with Crippen molar-refractivity contribution in [3.63, 3.8) is 0 Å². The first-order valence-electron chi connectivity index (χ1n) is 6.10. The SMILES string of the molecule is Nc1ccccc1OCCS(=O)(=O)NCCCCO. The topological polar surface area (TPSA) is 102 Å². The van der Waals surface area contributed by atoms with E-state index in [-0.39, 0.29) is 19.0 Å². The van der Waals surface area contributed by atoms with Gasteiger partial charge in [-0.05, 0) is 25.0 Å². The number of ether oxygens (including phenoxy) is 1. The summed E-state index contributed by atoms with van der Waals surface area (Å²) >= 11 is 0. The normalized spacial score (nSPS) is 11.4. The lowest BCUT2D eigenvalue weighted by Gasteiger charge is -2.09. The summed E-state index contributed by atoms with van der Waals surface area (Å²) in [4.78, 5) is 0. The molecule has 0 spiro atoms. The van der Waals surface area contributed by atoms with Gasteiger partial charge in [-0.15, -0.1) is 0 Å². The van der Waals surface area contributed by atoms with Crippen molar-refractivity contribution in [1.82, 2.24) is 4.72 Å². The Bertz CT molecular complexity index is 476. The molecule has 1 aromatic rings. The summed E-state index contributed by atoms with van der Waals surface area (Å²) in [5.74, 6) is 0.360. The van der Waals surface area contributed by atoms with Crippen LogP contribution in [0.15, 0.2) is 24.3 Å². The zero-order chi connectivity index (χ0) is 14.1. The first-order chi connectivity index (χ1) is 9.05. The highest BCUT2D eigenvalue weighted by molar-refractivity contribution is 7.89. The van der Waals surface area contributed by atoms with Gasteiger partial charge in [-0.2, -0.15) is 0 Å². The fraction of sp³-hybridized carbons (Fsp3) is 0.500. The van der Waals surface area contributed by atoms with Crippen LogP contribution < -0.4 is 15.2 Å². The fourth-order valence-corrected chi connectivity index (χ4v) is 2.31. The summed E-state index contributed by atoms with van der Waals surface area (Å²) in [5.41, 5.74) is 6.15. The lowest BCUT2D eigenvalue weighted by atomic mass is 10.3. The Kier molecular flexibility index (Phi) is 6.61. The van der Waals surface area contributed by atoms with E-state index in [0.717, 1.165) is 0 Å². The van der Waals surface area contributed by atoms with E-state index in [1.54, 1.807) is 24.3 Å². The quantitative estimate of drug-likeness (QED) is 0.449. The van der Waals surface area contributed by atoms with E-state index < -0.39 is 10.0 Å². The third-order valence-electron chi connectivity index (χ3n) is 2.44. The molecule has 0 aliphatic heterocycles. The van der Waals surface area contributed by atoms with Gasteiger partial charge in [0.05, 0.1) is 11.4 Å². The lowest BCUT2D eigenvalue weighted by Crippen LogP contribution is -2.30. The van der Waals surface area contributed by atoms with Crippen molar-refractivity contribution in [2.24, 2.45) is 0 Å². The second kappa shape index (κ2) is 7.98. The highest BCUT2D eigenvalue weighted by atomic mass is 32.2. The highest BCUT2D eigenvalue weighted by Gasteiger charge is 2.10. The summed E-state index contributed by atoms with van der Waals surface area (Å²) in [5, 5.41) is 8.58. The third kappa shape index (κ3) is 6.42. The summed E-state index contributed by atoms with van der Waals surface area (Å²) in [6.45, 7) is 0.442. The molecule has 0 amide bonds. The molecule has 0 heterocycles. The number of hydrogen-bond donors (Lipinski definition) is 3. The van der Waals surface area contributed by atoms with Gasteiger partial charge in [0.15, 0.2) is 0 Å². The molecule has 6 nitrogen and oxygen atoms in total. The van der Waals surface area contributed by atoms with E-state index >= 15 is 0 Å². The van der Waals surface area contributed by atoms with Crippen molar-refractivity contribution in [3.05, 3.63) is 24.3 Å². The van der Waals surface area contributed by atoms with Crippen LogP contribution in [0.2, 0.25) is 0 Å². The van der Waals surface area contributed by atoms with Gasteiger partial charge < -0.3 is 15.6 Å². The molecule has 19 heavy (non-hydrogen) atoms. The van der Waals surface area contributed by atoms with Crippen molar-refractivity contribution >= 4 is 15.7 Å². The van der Waals surface area contributed by atoms with Crippen molar-refractivity contribution in [3.8, 4) is 5.75 Å². The molecule has 108 valence electrons. The van der Waals surface area contributed by atoms with E-state index in [0.29, 0.717) is 30.8 Å². The number of rotatable bonds is 9. The van der Waals surface area contributed by atoms with Crippen LogP contribution in [0.5, 0.6) is 5.75 Å². The molecule has 0 saturated heterocycles. The van der Waals surface area contributed by atoms with Gasteiger partial charge in [0, 0.05) is 13.2 Å². The number of nitrogens with one attached hydrogen (secondary N) is 1. The number of nitrogen functional groups attached to an aromatic ring is 1. The van der Waals surface area contributed by atoms with Crippen LogP contribution in [0.4, 0.5) is 5.69 Å². The van der Waals surface area contributed by atoms with Gasteiger partial charge in [0.25, 0.3) is 0 Å². The van der Waals surface area contributed by atoms with Gasteiger partial charge in [0.2, 0.25) is 10.0 Å². The van der Waals surface area contributed by atoms with Crippen LogP contribution in [-0.4, -0.2) is 39.0 Å². The van der Waals surface area contributed by atoms with Crippen LogP contribution in [0.25, 0.3) is 0 Å². The molecule has 1 rings (SSSR count). The number of hydrogen-bond acceptors (Lipinski definition) is 5. The molecule has 0 saturated carbocycles. The average Bonchev–Trinajstić information content (AvgIpc) is 2.37. The Morgan fingerprint density at radius 1 is 1.26 bits per heavy atom. The molecule has 0 aliphatic rings. The minimum atomic E-state index is -3.34. The minimum Gasteiger partial charge on any atom is -0.490 e. The first kappa shape index (κ1) is 15.7. The van der Waals surface area contributed by atoms with Gasteiger partial charge in [0.1, 0.15) is 12.4 Å². The van der Waals surface area contributed by atoms with Crippen LogP contribution in [0.3, 0.4) is 0 Å². The minimum absolute atomic E-state index is 0.0452. The van der Waals surface area contributed by atoms with E-state index in [9.17, 15) is 8.42 Å². The number of unbranched alkanes of at least 4 members (excludes halogenated alkanes) is 1. The van der Waals surface area contributed by atoms with Gasteiger partial charge in [-0.25, -0.2) is 13.1 Å².